The van der Waals surface area contributed by atoms with E-state index in [0.717, 1.165) is 30.6 Å². The molecule has 3 aromatic rings. The molecule has 0 unspecified atom stereocenters. The summed E-state index contributed by atoms with van der Waals surface area (Å²) < 4.78 is 23.5. The van der Waals surface area contributed by atoms with Gasteiger partial charge in [-0.3, -0.25) is 4.79 Å². The van der Waals surface area contributed by atoms with E-state index in [2.05, 4.69) is 15.5 Å². The number of nitrogens with one attached hydrogen (secondary N) is 1. The number of halogens is 1. The second-order valence-corrected chi connectivity index (χ2v) is 6.84. The number of ether oxygens (including phenoxy) is 1. The van der Waals surface area contributed by atoms with E-state index in [1.807, 2.05) is 17.5 Å². The maximum atomic E-state index is 13.0. The van der Waals surface area contributed by atoms with Crippen molar-refractivity contribution in [2.24, 2.45) is 0 Å². The third-order valence-corrected chi connectivity index (χ3v) is 4.63. The fourth-order valence-corrected chi connectivity index (χ4v) is 3.07. The standard InChI is InChI=1S/C19H20FN3O3S/c20-14-6-4-7-15(12-14)25-13-17(24)21-10-3-1-2-9-18-22-19(23-26-18)16-8-5-11-27-16/h4-8,11-12H,1-3,9-10,13H2,(H,21,24). The summed E-state index contributed by atoms with van der Waals surface area (Å²) in [6.45, 7) is 0.437. The smallest absolute Gasteiger partial charge is 0.257 e. The molecule has 0 atom stereocenters. The van der Waals surface area contributed by atoms with Gasteiger partial charge >= 0.3 is 0 Å². The summed E-state index contributed by atoms with van der Waals surface area (Å²) in [7, 11) is 0. The number of aryl methyl sites for hydroxylation is 1. The Morgan fingerprint density at radius 2 is 2.15 bits per heavy atom. The summed E-state index contributed by atoms with van der Waals surface area (Å²) in [5, 5.41) is 8.73. The van der Waals surface area contributed by atoms with Crippen LogP contribution in [0.15, 0.2) is 46.3 Å². The van der Waals surface area contributed by atoms with E-state index >= 15 is 0 Å². The summed E-state index contributed by atoms with van der Waals surface area (Å²) in [5.74, 6) is 0.983. The highest BCUT2D eigenvalue weighted by molar-refractivity contribution is 7.13. The molecule has 0 bridgehead atoms. The summed E-state index contributed by atoms with van der Waals surface area (Å²) in [6, 6.07) is 9.62. The van der Waals surface area contributed by atoms with Crippen molar-refractivity contribution in [1.29, 1.82) is 0 Å². The Balaban J connectivity index is 1.25. The molecule has 0 aliphatic carbocycles. The zero-order valence-electron chi connectivity index (χ0n) is 14.7. The lowest BCUT2D eigenvalue weighted by Crippen LogP contribution is -2.29. The van der Waals surface area contributed by atoms with E-state index in [4.69, 9.17) is 9.26 Å². The van der Waals surface area contributed by atoms with Gasteiger partial charge in [-0.1, -0.05) is 23.7 Å². The average molecular weight is 389 g/mol. The van der Waals surface area contributed by atoms with Crippen LogP contribution < -0.4 is 10.1 Å². The number of rotatable bonds is 10. The third kappa shape index (κ3) is 6.18. The Morgan fingerprint density at radius 1 is 1.22 bits per heavy atom. The van der Waals surface area contributed by atoms with E-state index < -0.39 is 5.82 Å². The van der Waals surface area contributed by atoms with Gasteiger partial charge < -0.3 is 14.6 Å². The SMILES string of the molecule is O=C(COc1cccc(F)c1)NCCCCCc1nc(-c2cccs2)no1. The molecule has 1 amide bonds. The Kier molecular flexibility index (Phi) is 6.92. The summed E-state index contributed by atoms with van der Waals surface area (Å²) in [5.41, 5.74) is 0. The Labute approximate surface area is 160 Å². The normalized spacial score (nSPS) is 10.7. The van der Waals surface area contributed by atoms with Gasteiger partial charge in [0.15, 0.2) is 6.61 Å². The van der Waals surface area contributed by atoms with E-state index in [-0.39, 0.29) is 12.5 Å². The molecule has 2 aromatic heterocycles. The number of nitrogens with zero attached hydrogens (tertiary/aromatic N) is 2. The second-order valence-electron chi connectivity index (χ2n) is 5.90. The van der Waals surface area contributed by atoms with Crippen LogP contribution in [0.3, 0.4) is 0 Å². The molecule has 6 nitrogen and oxygen atoms in total. The lowest BCUT2D eigenvalue weighted by Gasteiger charge is -2.07. The highest BCUT2D eigenvalue weighted by Crippen LogP contribution is 2.21. The van der Waals surface area contributed by atoms with Gasteiger partial charge in [0.05, 0.1) is 4.88 Å². The fraction of sp³-hybridized carbons (Fsp3) is 0.316. The van der Waals surface area contributed by atoms with Crippen LogP contribution in [-0.4, -0.2) is 29.2 Å². The van der Waals surface area contributed by atoms with Crippen LogP contribution >= 0.6 is 11.3 Å². The topological polar surface area (TPSA) is 77.2 Å². The van der Waals surface area contributed by atoms with Crippen LogP contribution in [0.1, 0.15) is 25.2 Å². The van der Waals surface area contributed by atoms with Gasteiger partial charge in [0, 0.05) is 19.0 Å². The molecule has 1 N–H and O–H groups in total. The van der Waals surface area contributed by atoms with E-state index in [1.165, 1.54) is 18.2 Å². The minimum atomic E-state index is -0.392. The zero-order chi connectivity index (χ0) is 18.9. The maximum absolute atomic E-state index is 13.0. The molecule has 0 saturated heterocycles. The molecular weight excluding hydrogens is 369 g/mol. The van der Waals surface area contributed by atoms with Gasteiger partial charge in [0.1, 0.15) is 11.6 Å². The first kappa shape index (κ1) is 19.0. The maximum Gasteiger partial charge on any atom is 0.257 e. The van der Waals surface area contributed by atoms with Gasteiger partial charge in [-0.15, -0.1) is 11.3 Å². The van der Waals surface area contributed by atoms with Crippen molar-refractivity contribution in [2.45, 2.75) is 25.7 Å². The number of aromatic nitrogens is 2. The first-order chi connectivity index (χ1) is 13.2. The molecule has 0 radical (unpaired) electrons. The van der Waals surface area contributed by atoms with Crippen molar-refractivity contribution < 1.29 is 18.4 Å². The van der Waals surface area contributed by atoms with E-state index in [0.29, 0.717) is 24.0 Å². The molecule has 2 heterocycles. The van der Waals surface area contributed by atoms with Crippen LogP contribution in [0.4, 0.5) is 4.39 Å². The molecule has 0 saturated carbocycles. The van der Waals surface area contributed by atoms with Gasteiger partial charge in [0.2, 0.25) is 11.7 Å². The number of unbranched alkanes of at least 4 members (excludes halogenated alkanes) is 2. The van der Waals surface area contributed by atoms with Crippen LogP contribution in [-0.2, 0) is 11.2 Å². The summed E-state index contributed by atoms with van der Waals surface area (Å²) in [6.07, 6.45) is 3.40. The predicted octanol–water partition coefficient (Wildman–Crippen LogP) is 3.85. The van der Waals surface area contributed by atoms with Crippen molar-refractivity contribution in [2.75, 3.05) is 13.2 Å². The molecule has 0 aliphatic rings. The predicted molar refractivity (Wildman–Crippen MR) is 100 cm³/mol. The van der Waals surface area contributed by atoms with Gasteiger partial charge in [0.25, 0.3) is 5.91 Å². The number of hydrogen-bond acceptors (Lipinski definition) is 6. The second kappa shape index (κ2) is 9.82. The average Bonchev–Trinajstić information content (AvgIpc) is 3.34. The van der Waals surface area contributed by atoms with Crippen LogP contribution in [0, 0.1) is 5.82 Å². The van der Waals surface area contributed by atoms with Crippen molar-refractivity contribution >= 4 is 17.2 Å². The van der Waals surface area contributed by atoms with Crippen LogP contribution in [0.5, 0.6) is 5.75 Å². The van der Waals surface area contributed by atoms with Crippen molar-refractivity contribution in [1.82, 2.24) is 15.5 Å². The Morgan fingerprint density at radius 3 is 2.96 bits per heavy atom. The first-order valence-electron chi connectivity index (χ1n) is 8.72. The molecule has 8 heteroatoms. The number of carbonyl (C=O) groups is 1. The number of amides is 1. The van der Waals surface area contributed by atoms with Gasteiger partial charge in [-0.05, 0) is 36.4 Å². The quantitative estimate of drug-likeness (QED) is 0.533. The number of carbonyl (C=O) groups excluding carboxylic acids is 1. The lowest BCUT2D eigenvalue weighted by atomic mass is 10.2. The van der Waals surface area contributed by atoms with Crippen molar-refractivity contribution in [3.05, 3.63) is 53.5 Å². The van der Waals surface area contributed by atoms with Crippen LogP contribution in [0.2, 0.25) is 0 Å². The molecule has 0 aliphatic heterocycles. The third-order valence-electron chi connectivity index (χ3n) is 3.77. The molecular formula is C19H20FN3O3S. The van der Waals surface area contributed by atoms with Crippen molar-refractivity contribution in [3.8, 4) is 16.5 Å². The number of hydrogen-bond donors (Lipinski definition) is 1. The van der Waals surface area contributed by atoms with Crippen molar-refractivity contribution in [3.63, 3.8) is 0 Å². The lowest BCUT2D eigenvalue weighted by molar-refractivity contribution is -0.123. The van der Waals surface area contributed by atoms with Gasteiger partial charge in [-0.2, -0.15) is 4.98 Å². The van der Waals surface area contributed by atoms with Crippen LogP contribution in [0.25, 0.3) is 10.7 Å². The number of thiophene rings is 1. The molecule has 3 rings (SSSR count). The first-order valence-corrected chi connectivity index (χ1v) is 9.60. The molecule has 27 heavy (non-hydrogen) atoms. The minimum absolute atomic E-state index is 0.128. The highest BCUT2D eigenvalue weighted by atomic mass is 32.1. The highest BCUT2D eigenvalue weighted by Gasteiger charge is 2.09. The fourth-order valence-electron chi connectivity index (χ4n) is 2.42. The minimum Gasteiger partial charge on any atom is -0.484 e. The summed E-state index contributed by atoms with van der Waals surface area (Å²) >= 11 is 1.58. The Hall–Kier alpha value is -2.74. The summed E-state index contributed by atoms with van der Waals surface area (Å²) in [4.78, 5) is 17.1. The van der Waals surface area contributed by atoms with Gasteiger partial charge in [-0.25, -0.2) is 4.39 Å². The Bertz CT molecular complexity index is 852. The molecule has 0 spiro atoms. The molecule has 142 valence electrons. The molecule has 0 fully saturated rings. The largest absolute Gasteiger partial charge is 0.484 e. The van der Waals surface area contributed by atoms with E-state index in [9.17, 15) is 9.18 Å². The zero-order valence-corrected chi connectivity index (χ0v) is 15.5. The van der Waals surface area contributed by atoms with E-state index in [1.54, 1.807) is 17.4 Å². The molecule has 1 aromatic carbocycles. The number of benzene rings is 1. The monoisotopic (exact) mass is 389 g/mol.